The lowest BCUT2D eigenvalue weighted by atomic mass is 9.85. The van der Waals surface area contributed by atoms with Crippen molar-refractivity contribution >= 4 is 5.97 Å². The van der Waals surface area contributed by atoms with Gasteiger partial charge in [0.25, 0.3) is 0 Å². The molecule has 2 bridgehead atoms. The van der Waals surface area contributed by atoms with Crippen LogP contribution in [-0.4, -0.2) is 12.6 Å². The summed E-state index contributed by atoms with van der Waals surface area (Å²) < 4.78 is 4.79. The molecule has 2 nitrogen and oxygen atoms in total. The van der Waals surface area contributed by atoms with Gasteiger partial charge in [0.05, 0.1) is 6.61 Å². The highest BCUT2D eigenvalue weighted by Gasteiger charge is 2.43. The summed E-state index contributed by atoms with van der Waals surface area (Å²) in [6.45, 7) is 2.22. The maximum Gasteiger partial charge on any atom is 0.384 e. The number of fused-ring (bicyclic) bond motifs is 2. The van der Waals surface area contributed by atoms with E-state index in [-0.39, 0.29) is 11.4 Å². The van der Waals surface area contributed by atoms with Crippen LogP contribution in [0.3, 0.4) is 0 Å². The number of hydrogen-bond donors (Lipinski definition) is 0. The zero-order valence-electron chi connectivity index (χ0n) is 8.64. The van der Waals surface area contributed by atoms with Crippen molar-refractivity contribution < 1.29 is 9.53 Å². The van der Waals surface area contributed by atoms with Crippen molar-refractivity contribution in [3.8, 4) is 11.8 Å². The van der Waals surface area contributed by atoms with Gasteiger partial charge in [0, 0.05) is 11.3 Å². The van der Waals surface area contributed by atoms with Gasteiger partial charge in [-0.15, -0.1) is 0 Å². The number of carbonyl (C=O) groups excluding carboxylic acids is 1. The monoisotopic (exact) mass is 192 g/mol. The SMILES string of the molecule is CCOC(=O)C#CC12CCC(CC1)C2. The zero-order chi connectivity index (χ0) is 10.0. The second-order valence-electron chi connectivity index (χ2n) is 4.40. The summed E-state index contributed by atoms with van der Waals surface area (Å²) in [7, 11) is 0. The highest BCUT2D eigenvalue weighted by Crippen LogP contribution is 2.53. The average molecular weight is 192 g/mol. The average Bonchev–Trinajstić information content (AvgIpc) is 2.75. The van der Waals surface area contributed by atoms with Crippen LogP contribution >= 0.6 is 0 Å². The van der Waals surface area contributed by atoms with Crippen LogP contribution in [0.1, 0.15) is 39.0 Å². The summed E-state index contributed by atoms with van der Waals surface area (Å²) in [6, 6.07) is 0. The lowest BCUT2D eigenvalue weighted by molar-refractivity contribution is -0.136. The van der Waals surface area contributed by atoms with Gasteiger partial charge in [-0.2, -0.15) is 0 Å². The molecule has 0 amide bonds. The van der Waals surface area contributed by atoms with Gasteiger partial charge < -0.3 is 4.74 Å². The first kappa shape index (κ1) is 9.58. The molecule has 2 fully saturated rings. The minimum absolute atomic E-state index is 0.178. The number of ether oxygens (including phenoxy) is 1. The molecule has 0 aliphatic heterocycles. The van der Waals surface area contributed by atoms with Crippen molar-refractivity contribution in [3.63, 3.8) is 0 Å². The van der Waals surface area contributed by atoms with Gasteiger partial charge in [0.2, 0.25) is 0 Å². The Morgan fingerprint density at radius 1 is 1.50 bits per heavy atom. The molecule has 14 heavy (non-hydrogen) atoms. The third-order valence-electron chi connectivity index (χ3n) is 3.45. The van der Waals surface area contributed by atoms with E-state index in [1.165, 1.54) is 32.1 Å². The smallest absolute Gasteiger partial charge is 0.384 e. The lowest BCUT2D eigenvalue weighted by Crippen LogP contribution is -2.11. The Bertz CT molecular complexity index is 287. The van der Waals surface area contributed by atoms with Crippen LogP contribution in [0.25, 0.3) is 0 Å². The normalized spacial score (nSPS) is 33.6. The van der Waals surface area contributed by atoms with E-state index in [1.807, 2.05) is 0 Å². The van der Waals surface area contributed by atoms with E-state index in [2.05, 4.69) is 11.8 Å². The van der Waals surface area contributed by atoms with Crippen LogP contribution in [0, 0.1) is 23.2 Å². The predicted octanol–water partition coefficient (Wildman–Crippen LogP) is 2.13. The first-order chi connectivity index (χ1) is 6.74. The molecule has 0 spiro atoms. The van der Waals surface area contributed by atoms with E-state index in [1.54, 1.807) is 6.92 Å². The van der Waals surface area contributed by atoms with Crippen molar-refractivity contribution in [2.24, 2.45) is 11.3 Å². The molecule has 0 unspecified atom stereocenters. The molecule has 0 aromatic carbocycles. The van der Waals surface area contributed by atoms with Gasteiger partial charge >= 0.3 is 5.97 Å². The summed E-state index contributed by atoms with van der Waals surface area (Å²) in [6.07, 6.45) is 6.18. The summed E-state index contributed by atoms with van der Waals surface area (Å²) in [5.74, 6) is 6.30. The Hall–Kier alpha value is -0.970. The molecule has 2 rings (SSSR count). The summed E-state index contributed by atoms with van der Waals surface area (Å²) in [5.41, 5.74) is 0.178. The van der Waals surface area contributed by atoms with E-state index in [4.69, 9.17) is 4.74 Å². The first-order valence-electron chi connectivity index (χ1n) is 5.44. The fourth-order valence-electron chi connectivity index (χ4n) is 2.72. The molecule has 0 radical (unpaired) electrons. The highest BCUT2D eigenvalue weighted by molar-refractivity contribution is 5.88. The summed E-state index contributed by atoms with van der Waals surface area (Å²) >= 11 is 0. The minimum atomic E-state index is -0.364. The van der Waals surface area contributed by atoms with E-state index in [9.17, 15) is 4.79 Å². The number of rotatable bonds is 1. The van der Waals surface area contributed by atoms with Crippen molar-refractivity contribution in [1.29, 1.82) is 0 Å². The standard InChI is InChI=1S/C12H16O2/c1-2-14-11(13)5-8-12-6-3-10(9-12)4-7-12/h10H,2-4,6-7,9H2,1H3. The fourth-order valence-corrected chi connectivity index (χ4v) is 2.72. The Morgan fingerprint density at radius 2 is 2.21 bits per heavy atom. The second-order valence-corrected chi connectivity index (χ2v) is 4.40. The molecule has 0 saturated heterocycles. The van der Waals surface area contributed by atoms with Gasteiger partial charge in [-0.25, -0.2) is 4.79 Å². The lowest BCUT2D eigenvalue weighted by Gasteiger charge is -2.18. The second kappa shape index (κ2) is 3.65. The molecule has 0 aromatic rings. The molecular weight excluding hydrogens is 176 g/mol. The topological polar surface area (TPSA) is 26.3 Å². The van der Waals surface area contributed by atoms with Crippen molar-refractivity contribution in [1.82, 2.24) is 0 Å². The molecule has 2 aliphatic rings. The van der Waals surface area contributed by atoms with Crippen molar-refractivity contribution in [3.05, 3.63) is 0 Å². The van der Waals surface area contributed by atoms with Gasteiger partial charge in [-0.1, -0.05) is 5.92 Å². The van der Waals surface area contributed by atoms with Gasteiger partial charge in [0.15, 0.2) is 0 Å². The molecule has 0 aromatic heterocycles. The fraction of sp³-hybridized carbons (Fsp3) is 0.750. The molecule has 0 atom stereocenters. The Kier molecular flexibility index (Phi) is 2.50. The number of hydrogen-bond acceptors (Lipinski definition) is 2. The summed E-state index contributed by atoms with van der Waals surface area (Å²) in [4.78, 5) is 11.1. The van der Waals surface area contributed by atoms with E-state index in [0.29, 0.717) is 6.61 Å². The number of esters is 1. The molecule has 2 saturated carbocycles. The highest BCUT2D eigenvalue weighted by atomic mass is 16.5. The molecule has 2 aliphatic carbocycles. The Balaban J connectivity index is 1.99. The van der Waals surface area contributed by atoms with Crippen LogP contribution in [-0.2, 0) is 9.53 Å². The van der Waals surface area contributed by atoms with Crippen LogP contribution in [0.4, 0.5) is 0 Å². The Labute approximate surface area is 85.0 Å². The third-order valence-corrected chi connectivity index (χ3v) is 3.45. The van der Waals surface area contributed by atoms with E-state index in [0.717, 1.165) is 5.92 Å². The van der Waals surface area contributed by atoms with Gasteiger partial charge in [-0.05, 0) is 44.9 Å². The van der Waals surface area contributed by atoms with Gasteiger partial charge in [0.1, 0.15) is 0 Å². The summed E-state index contributed by atoms with van der Waals surface area (Å²) in [5, 5.41) is 0. The minimum Gasteiger partial charge on any atom is -0.456 e. The third kappa shape index (κ3) is 1.77. The first-order valence-corrected chi connectivity index (χ1v) is 5.44. The van der Waals surface area contributed by atoms with Gasteiger partial charge in [-0.3, -0.25) is 0 Å². The molecule has 0 N–H and O–H groups in total. The quantitative estimate of drug-likeness (QED) is 0.361. The maximum atomic E-state index is 11.1. The molecule has 76 valence electrons. The van der Waals surface area contributed by atoms with Crippen LogP contribution < -0.4 is 0 Å². The largest absolute Gasteiger partial charge is 0.456 e. The Morgan fingerprint density at radius 3 is 2.71 bits per heavy atom. The number of carbonyl (C=O) groups is 1. The van der Waals surface area contributed by atoms with Crippen LogP contribution in [0.5, 0.6) is 0 Å². The predicted molar refractivity (Wildman–Crippen MR) is 53.4 cm³/mol. The van der Waals surface area contributed by atoms with Crippen molar-refractivity contribution in [2.45, 2.75) is 39.0 Å². The molecule has 0 heterocycles. The maximum absolute atomic E-state index is 11.1. The van der Waals surface area contributed by atoms with E-state index < -0.39 is 0 Å². The van der Waals surface area contributed by atoms with E-state index >= 15 is 0 Å². The van der Waals surface area contributed by atoms with Crippen LogP contribution in [0.2, 0.25) is 0 Å². The molecular formula is C12H16O2. The molecule has 2 heteroatoms. The van der Waals surface area contributed by atoms with Crippen molar-refractivity contribution in [2.75, 3.05) is 6.61 Å². The van der Waals surface area contributed by atoms with Crippen LogP contribution in [0.15, 0.2) is 0 Å². The zero-order valence-corrected chi connectivity index (χ0v) is 8.64.